The third-order valence-electron chi connectivity index (χ3n) is 4.01. The maximum Gasteiger partial charge on any atom is 0.420 e. The maximum absolute atomic E-state index is 13.1. The van der Waals surface area contributed by atoms with Gasteiger partial charge >= 0.3 is 6.18 Å². The summed E-state index contributed by atoms with van der Waals surface area (Å²) in [6, 6.07) is 2.58. The molecule has 1 aromatic carbocycles. The quantitative estimate of drug-likeness (QED) is 0.909. The minimum Gasteiger partial charge on any atom is -0.489 e. The van der Waals surface area contributed by atoms with Crippen molar-refractivity contribution in [1.82, 2.24) is 0 Å². The molecule has 6 heteroatoms. The lowest BCUT2D eigenvalue weighted by Crippen LogP contribution is -2.21. The molecule has 3 rings (SSSR count). The number of fused-ring (bicyclic) bond motifs is 1. The molecule has 1 heterocycles. The molecule has 0 aromatic heterocycles. The fourth-order valence-electron chi connectivity index (χ4n) is 2.63. The van der Waals surface area contributed by atoms with Gasteiger partial charge in [-0.3, -0.25) is 0 Å². The number of halogens is 3. The van der Waals surface area contributed by atoms with Gasteiger partial charge in [0.25, 0.3) is 0 Å². The van der Waals surface area contributed by atoms with Crippen LogP contribution in [-0.4, -0.2) is 19.8 Å². The Hall–Kier alpha value is -1.43. The van der Waals surface area contributed by atoms with Crippen molar-refractivity contribution in [2.45, 2.75) is 30.9 Å². The van der Waals surface area contributed by atoms with Gasteiger partial charge in [0.1, 0.15) is 5.56 Å². The highest BCUT2D eigenvalue weighted by Crippen LogP contribution is 2.55. The predicted molar refractivity (Wildman–Crippen MR) is 67.0 cm³/mol. The third kappa shape index (κ3) is 2.12. The van der Waals surface area contributed by atoms with Crippen LogP contribution < -0.4 is 15.2 Å². The summed E-state index contributed by atoms with van der Waals surface area (Å²) in [5, 5.41) is 0. The predicted octanol–water partition coefficient (Wildman–Crippen LogP) is 2.86. The Morgan fingerprint density at radius 1 is 1.10 bits per heavy atom. The minimum atomic E-state index is -4.45. The first-order chi connectivity index (χ1) is 9.48. The number of alkyl halides is 3. The van der Waals surface area contributed by atoms with Gasteiger partial charge in [0.2, 0.25) is 0 Å². The number of nitrogens with two attached hydrogens (primary N) is 1. The first kappa shape index (κ1) is 13.5. The number of ether oxygens (including phenoxy) is 2. The van der Waals surface area contributed by atoms with Crippen molar-refractivity contribution in [3.8, 4) is 11.5 Å². The van der Waals surface area contributed by atoms with Gasteiger partial charge in [0.15, 0.2) is 11.5 Å². The Bertz CT molecular complexity index is 524. The van der Waals surface area contributed by atoms with Crippen LogP contribution >= 0.6 is 0 Å². The summed E-state index contributed by atoms with van der Waals surface area (Å²) >= 11 is 0. The van der Waals surface area contributed by atoms with Gasteiger partial charge in [0.05, 0.1) is 13.2 Å². The van der Waals surface area contributed by atoms with Crippen molar-refractivity contribution in [1.29, 1.82) is 0 Å². The molecule has 3 nitrogen and oxygen atoms in total. The minimum absolute atomic E-state index is 0.174. The third-order valence-corrected chi connectivity index (χ3v) is 4.01. The smallest absolute Gasteiger partial charge is 0.420 e. The summed E-state index contributed by atoms with van der Waals surface area (Å²) < 4.78 is 50.1. The monoisotopic (exact) mass is 287 g/mol. The average molecular weight is 287 g/mol. The summed E-state index contributed by atoms with van der Waals surface area (Å²) in [6.07, 6.45) is -2.12. The zero-order valence-electron chi connectivity index (χ0n) is 10.9. The number of hydrogen-bond acceptors (Lipinski definition) is 3. The fraction of sp³-hybridized carbons (Fsp3) is 0.571. The molecule has 0 bridgehead atoms. The largest absolute Gasteiger partial charge is 0.489 e. The van der Waals surface area contributed by atoms with Crippen molar-refractivity contribution >= 4 is 0 Å². The topological polar surface area (TPSA) is 44.5 Å². The van der Waals surface area contributed by atoms with E-state index in [1.807, 2.05) is 0 Å². The van der Waals surface area contributed by atoms with Gasteiger partial charge in [-0.2, -0.15) is 13.2 Å². The molecule has 110 valence electrons. The Morgan fingerprint density at radius 2 is 1.75 bits per heavy atom. The lowest BCUT2D eigenvalue weighted by atomic mass is 9.93. The van der Waals surface area contributed by atoms with Crippen LogP contribution in [0.15, 0.2) is 12.1 Å². The van der Waals surface area contributed by atoms with Crippen LogP contribution in [0.1, 0.15) is 30.4 Å². The zero-order valence-corrected chi connectivity index (χ0v) is 10.9. The van der Waals surface area contributed by atoms with Crippen LogP contribution in [0.4, 0.5) is 13.2 Å². The number of rotatable bonds is 2. The second-order valence-corrected chi connectivity index (χ2v) is 5.35. The molecule has 20 heavy (non-hydrogen) atoms. The van der Waals surface area contributed by atoms with Crippen molar-refractivity contribution < 1.29 is 22.6 Å². The Labute approximate surface area is 114 Å². The van der Waals surface area contributed by atoms with E-state index in [4.69, 9.17) is 15.2 Å². The molecule has 1 aromatic rings. The van der Waals surface area contributed by atoms with Crippen LogP contribution in [0.5, 0.6) is 11.5 Å². The van der Waals surface area contributed by atoms with Gasteiger partial charge in [-0.05, 0) is 18.9 Å². The highest BCUT2D eigenvalue weighted by atomic mass is 19.4. The molecule has 1 saturated carbocycles. The Morgan fingerprint density at radius 3 is 2.30 bits per heavy atom. The van der Waals surface area contributed by atoms with E-state index < -0.39 is 11.7 Å². The van der Waals surface area contributed by atoms with E-state index in [1.54, 1.807) is 0 Å². The van der Waals surface area contributed by atoms with Crippen molar-refractivity contribution in [2.75, 3.05) is 19.8 Å². The Balaban J connectivity index is 2.15. The summed E-state index contributed by atoms with van der Waals surface area (Å²) in [7, 11) is 0. The van der Waals surface area contributed by atoms with E-state index in [9.17, 15) is 13.2 Å². The molecular formula is C14H16F3NO2. The molecule has 1 aliphatic heterocycles. The zero-order chi connectivity index (χ0) is 14.4. The summed E-state index contributed by atoms with van der Waals surface area (Å²) in [5.41, 5.74) is 5.53. The SMILES string of the molecule is NCC1(c2ccc(C(F)(F)F)c3c2OCCCO3)CC1. The second kappa shape index (κ2) is 4.55. The molecular weight excluding hydrogens is 271 g/mol. The molecule has 1 fully saturated rings. The average Bonchev–Trinajstić information content (AvgIpc) is 3.20. The fourth-order valence-corrected chi connectivity index (χ4v) is 2.63. The highest BCUT2D eigenvalue weighted by Gasteiger charge is 2.47. The van der Waals surface area contributed by atoms with Crippen molar-refractivity contribution in [3.05, 3.63) is 23.3 Å². The van der Waals surface area contributed by atoms with Crippen LogP contribution in [0.2, 0.25) is 0 Å². The maximum atomic E-state index is 13.1. The molecule has 2 N–H and O–H groups in total. The first-order valence-corrected chi connectivity index (χ1v) is 6.68. The molecule has 0 radical (unpaired) electrons. The van der Waals surface area contributed by atoms with E-state index in [0.717, 1.165) is 24.5 Å². The van der Waals surface area contributed by atoms with Crippen LogP contribution in [0.25, 0.3) is 0 Å². The van der Waals surface area contributed by atoms with E-state index in [-0.39, 0.29) is 23.5 Å². The van der Waals surface area contributed by atoms with Crippen LogP contribution in [0.3, 0.4) is 0 Å². The van der Waals surface area contributed by atoms with Gasteiger partial charge in [-0.15, -0.1) is 0 Å². The number of hydrogen-bond donors (Lipinski definition) is 1. The lowest BCUT2D eigenvalue weighted by Gasteiger charge is -2.22. The number of benzene rings is 1. The van der Waals surface area contributed by atoms with Gasteiger partial charge < -0.3 is 15.2 Å². The van der Waals surface area contributed by atoms with E-state index in [2.05, 4.69) is 0 Å². The van der Waals surface area contributed by atoms with Crippen molar-refractivity contribution in [2.24, 2.45) is 5.73 Å². The lowest BCUT2D eigenvalue weighted by molar-refractivity contribution is -0.139. The molecule has 2 aliphatic rings. The van der Waals surface area contributed by atoms with Gasteiger partial charge in [0, 0.05) is 23.9 Å². The molecule has 0 saturated heterocycles. The first-order valence-electron chi connectivity index (χ1n) is 6.68. The van der Waals surface area contributed by atoms with Crippen LogP contribution in [0, 0.1) is 0 Å². The molecule has 0 spiro atoms. The standard InChI is InChI=1S/C14H16F3NO2/c15-14(16,17)10-3-2-9(13(8-18)4-5-13)11-12(10)20-7-1-6-19-11/h2-3H,1,4-8,18H2. The van der Waals surface area contributed by atoms with Gasteiger partial charge in [-0.1, -0.05) is 6.07 Å². The summed E-state index contributed by atoms with van der Waals surface area (Å²) in [4.78, 5) is 0. The summed E-state index contributed by atoms with van der Waals surface area (Å²) in [5.74, 6) is 0.0625. The second-order valence-electron chi connectivity index (χ2n) is 5.35. The molecule has 0 unspecified atom stereocenters. The van der Waals surface area contributed by atoms with E-state index in [1.165, 1.54) is 6.07 Å². The van der Waals surface area contributed by atoms with Crippen molar-refractivity contribution in [3.63, 3.8) is 0 Å². The summed E-state index contributed by atoms with van der Waals surface area (Å²) in [6.45, 7) is 1.01. The molecule has 0 amide bonds. The van der Waals surface area contributed by atoms with Crippen LogP contribution in [-0.2, 0) is 11.6 Å². The van der Waals surface area contributed by atoms with E-state index >= 15 is 0 Å². The Kier molecular flexibility index (Phi) is 3.08. The molecule has 1 aliphatic carbocycles. The normalized spacial score (nSPS) is 20.4. The molecule has 0 atom stereocenters. The highest BCUT2D eigenvalue weighted by molar-refractivity contribution is 5.57. The van der Waals surface area contributed by atoms with Gasteiger partial charge in [-0.25, -0.2) is 0 Å². The van der Waals surface area contributed by atoms with E-state index in [0.29, 0.717) is 19.6 Å².